The van der Waals surface area contributed by atoms with E-state index in [1.54, 1.807) is 12.1 Å². The van der Waals surface area contributed by atoms with Crippen LogP contribution >= 0.6 is 0 Å². The van der Waals surface area contributed by atoms with Crippen LogP contribution in [-0.2, 0) is 0 Å². The lowest BCUT2D eigenvalue weighted by atomic mass is 10.1. The molecule has 1 aromatic carbocycles. The number of benzene rings is 1. The topological polar surface area (TPSA) is 64.6 Å². The van der Waals surface area contributed by atoms with Gasteiger partial charge in [0.2, 0.25) is 0 Å². The Labute approximate surface area is 112 Å². The Morgan fingerprint density at radius 2 is 1.95 bits per heavy atom. The van der Waals surface area contributed by atoms with Crippen molar-refractivity contribution in [2.75, 3.05) is 33.8 Å². The molecule has 3 N–H and O–H groups in total. The Bertz CT molecular complexity index is 395. The molecule has 0 saturated heterocycles. The highest BCUT2D eigenvalue weighted by Gasteiger charge is 2.15. The van der Waals surface area contributed by atoms with E-state index in [0.29, 0.717) is 6.54 Å². The van der Waals surface area contributed by atoms with Gasteiger partial charge in [0.15, 0.2) is 0 Å². The highest BCUT2D eigenvalue weighted by Crippen LogP contribution is 2.17. The number of amides is 2. The molecule has 1 rings (SSSR count). The zero-order chi connectivity index (χ0) is 14.3. The van der Waals surface area contributed by atoms with Crippen LogP contribution in [0.4, 0.5) is 9.18 Å². The van der Waals surface area contributed by atoms with Crippen LogP contribution in [0.1, 0.15) is 11.6 Å². The van der Waals surface area contributed by atoms with Gasteiger partial charge < -0.3 is 20.6 Å². The number of aliphatic hydroxyl groups excluding tert-OH is 1. The van der Waals surface area contributed by atoms with Crippen molar-refractivity contribution in [3.63, 3.8) is 0 Å². The van der Waals surface area contributed by atoms with E-state index in [9.17, 15) is 9.18 Å². The van der Waals surface area contributed by atoms with Crippen molar-refractivity contribution in [2.24, 2.45) is 0 Å². The zero-order valence-electron chi connectivity index (χ0n) is 11.2. The number of nitrogens with zero attached hydrogens (tertiary/aromatic N) is 1. The van der Waals surface area contributed by atoms with Crippen LogP contribution in [-0.4, -0.2) is 49.8 Å². The van der Waals surface area contributed by atoms with Crippen molar-refractivity contribution in [2.45, 2.75) is 6.04 Å². The second-order valence-electron chi connectivity index (χ2n) is 4.39. The molecule has 0 radical (unpaired) electrons. The smallest absolute Gasteiger partial charge is 0.314 e. The van der Waals surface area contributed by atoms with Gasteiger partial charge in [-0.05, 0) is 31.8 Å². The molecular weight excluding hydrogens is 249 g/mol. The number of carbonyl (C=O) groups is 1. The normalized spacial score (nSPS) is 12.3. The maximum absolute atomic E-state index is 12.9. The van der Waals surface area contributed by atoms with Crippen molar-refractivity contribution in [1.82, 2.24) is 15.5 Å². The summed E-state index contributed by atoms with van der Waals surface area (Å²) >= 11 is 0. The van der Waals surface area contributed by atoms with Gasteiger partial charge in [-0.2, -0.15) is 0 Å². The number of carbonyl (C=O) groups excluding carboxylic acids is 1. The molecule has 1 aromatic rings. The molecule has 0 spiro atoms. The molecule has 0 aliphatic rings. The first-order chi connectivity index (χ1) is 9.04. The van der Waals surface area contributed by atoms with Crippen LogP contribution in [0.5, 0.6) is 0 Å². The Kier molecular flexibility index (Phi) is 6.24. The lowest BCUT2D eigenvalue weighted by molar-refractivity contribution is 0.227. The number of nitrogens with one attached hydrogen (secondary N) is 2. The fourth-order valence-electron chi connectivity index (χ4n) is 1.70. The second kappa shape index (κ2) is 7.70. The highest BCUT2D eigenvalue weighted by atomic mass is 19.1. The first-order valence-electron chi connectivity index (χ1n) is 6.09. The molecule has 0 aliphatic heterocycles. The molecule has 6 heteroatoms. The molecule has 106 valence electrons. The van der Waals surface area contributed by atoms with E-state index in [1.807, 2.05) is 19.0 Å². The summed E-state index contributed by atoms with van der Waals surface area (Å²) in [6, 6.07) is 5.83. The summed E-state index contributed by atoms with van der Waals surface area (Å²) in [7, 11) is 3.78. The fraction of sp³-hybridized carbons (Fsp3) is 0.462. The average Bonchev–Trinajstić information content (AvgIpc) is 2.38. The number of likely N-dealkylation sites (N-methyl/N-ethyl adjacent to an activating group) is 1. The first-order valence-corrected chi connectivity index (χ1v) is 6.09. The van der Waals surface area contributed by atoms with Crippen molar-refractivity contribution in [3.8, 4) is 0 Å². The summed E-state index contributed by atoms with van der Waals surface area (Å²) in [5.74, 6) is -0.282. The summed E-state index contributed by atoms with van der Waals surface area (Å²) in [5.41, 5.74) is 0.925. The minimum absolute atomic E-state index is 0.0412. The molecule has 1 unspecified atom stereocenters. The third kappa shape index (κ3) is 5.23. The summed E-state index contributed by atoms with van der Waals surface area (Å²) in [6.45, 7) is 0.521. The maximum atomic E-state index is 12.9. The first kappa shape index (κ1) is 15.4. The SMILES string of the molecule is CN(C)C(CNC(=O)NCCO)c1ccc(F)cc1. The van der Waals surface area contributed by atoms with E-state index in [2.05, 4.69) is 10.6 Å². The van der Waals surface area contributed by atoms with Gasteiger partial charge in [0.05, 0.1) is 12.6 Å². The van der Waals surface area contributed by atoms with Gasteiger partial charge in [-0.15, -0.1) is 0 Å². The number of hydrogen-bond acceptors (Lipinski definition) is 3. The van der Waals surface area contributed by atoms with Gasteiger partial charge in [0, 0.05) is 13.1 Å². The number of halogens is 1. The van der Waals surface area contributed by atoms with E-state index in [4.69, 9.17) is 5.11 Å². The molecule has 2 amide bonds. The van der Waals surface area contributed by atoms with Gasteiger partial charge in [0.25, 0.3) is 0 Å². The second-order valence-corrected chi connectivity index (χ2v) is 4.39. The third-order valence-corrected chi connectivity index (χ3v) is 2.73. The quantitative estimate of drug-likeness (QED) is 0.713. The predicted octanol–water partition coefficient (Wildman–Crippen LogP) is 0.720. The van der Waals surface area contributed by atoms with E-state index in [0.717, 1.165) is 5.56 Å². The molecule has 1 atom stereocenters. The number of aliphatic hydroxyl groups is 1. The van der Waals surface area contributed by atoms with E-state index in [-0.39, 0.29) is 31.0 Å². The number of rotatable bonds is 6. The molecule has 5 nitrogen and oxygen atoms in total. The minimum Gasteiger partial charge on any atom is -0.395 e. The number of urea groups is 1. The van der Waals surface area contributed by atoms with Crippen LogP contribution < -0.4 is 10.6 Å². The van der Waals surface area contributed by atoms with Crippen LogP contribution in [0.15, 0.2) is 24.3 Å². The Morgan fingerprint density at radius 1 is 1.32 bits per heavy atom. The molecule has 0 aliphatic carbocycles. The van der Waals surface area contributed by atoms with Crippen LogP contribution in [0.25, 0.3) is 0 Å². The van der Waals surface area contributed by atoms with Crippen molar-refractivity contribution < 1.29 is 14.3 Å². The Balaban J connectivity index is 2.58. The van der Waals surface area contributed by atoms with Gasteiger partial charge in [-0.3, -0.25) is 0 Å². The summed E-state index contributed by atoms with van der Waals surface area (Å²) < 4.78 is 12.9. The molecular formula is C13H20FN3O2. The standard InChI is InChI=1S/C13H20FN3O2/c1-17(2)12(9-16-13(19)15-7-8-18)10-3-5-11(14)6-4-10/h3-6,12,18H,7-9H2,1-2H3,(H2,15,16,19). The van der Waals surface area contributed by atoms with Crippen LogP contribution in [0.2, 0.25) is 0 Å². The van der Waals surface area contributed by atoms with E-state index in [1.165, 1.54) is 12.1 Å². The molecule has 0 fully saturated rings. The molecule has 19 heavy (non-hydrogen) atoms. The van der Waals surface area contributed by atoms with Gasteiger partial charge in [-0.1, -0.05) is 12.1 Å². The summed E-state index contributed by atoms with van der Waals surface area (Å²) in [6.07, 6.45) is 0. The zero-order valence-corrected chi connectivity index (χ0v) is 11.2. The lowest BCUT2D eigenvalue weighted by Crippen LogP contribution is -2.41. The summed E-state index contributed by atoms with van der Waals surface area (Å²) in [4.78, 5) is 13.3. The monoisotopic (exact) mass is 269 g/mol. The highest BCUT2D eigenvalue weighted by molar-refractivity contribution is 5.73. The predicted molar refractivity (Wildman–Crippen MR) is 71.3 cm³/mol. The van der Waals surface area contributed by atoms with Crippen LogP contribution in [0.3, 0.4) is 0 Å². The van der Waals surface area contributed by atoms with Crippen LogP contribution in [0, 0.1) is 5.82 Å². The van der Waals surface area contributed by atoms with E-state index >= 15 is 0 Å². The lowest BCUT2D eigenvalue weighted by Gasteiger charge is -2.25. The van der Waals surface area contributed by atoms with Crippen molar-refractivity contribution >= 4 is 6.03 Å². The molecule has 0 bridgehead atoms. The van der Waals surface area contributed by atoms with Crippen molar-refractivity contribution in [3.05, 3.63) is 35.6 Å². The van der Waals surface area contributed by atoms with Gasteiger partial charge >= 0.3 is 6.03 Å². The van der Waals surface area contributed by atoms with E-state index < -0.39 is 0 Å². The Hall–Kier alpha value is -1.66. The largest absolute Gasteiger partial charge is 0.395 e. The van der Waals surface area contributed by atoms with Gasteiger partial charge in [0.1, 0.15) is 5.82 Å². The third-order valence-electron chi connectivity index (χ3n) is 2.73. The van der Waals surface area contributed by atoms with Crippen molar-refractivity contribution in [1.29, 1.82) is 0 Å². The fourth-order valence-corrected chi connectivity index (χ4v) is 1.70. The molecule has 0 saturated carbocycles. The number of hydrogen-bond donors (Lipinski definition) is 3. The summed E-state index contributed by atoms with van der Waals surface area (Å²) in [5, 5.41) is 13.8. The minimum atomic E-state index is -0.331. The van der Waals surface area contributed by atoms with Gasteiger partial charge in [-0.25, -0.2) is 9.18 Å². The molecule has 0 aromatic heterocycles. The maximum Gasteiger partial charge on any atom is 0.314 e. The average molecular weight is 269 g/mol. The molecule has 0 heterocycles. The Morgan fingerprint density at radius 3 is 2.47 bits per heavy atom.